The molecule has 11 heavy (non-hydrogen) atoms. The van der Waals surface area contributed by atoms with E-state index in [1.165, 1.54) is 10.8 Å². The number of rotatable bonds is 0. The maximum absolute atomic E-state index is 5.64. The summed E-state index contributed by atoms with van der Waals surface area (Å²) in [6.07, 6.45) is 3.00. The standard InChI is InChI=1S/C5H4BrN5/c6-3-1-8-5-9-2-10-11(5)4(3)7/h1-2H,7H2. The van der Waals surface area contributed by atoms with E-state index >= 15 is 0 Å². The maximum atomic E-state index is 5.64. The lowest BCUT2D eigenvalue weighted by molar-refractivity contribution is 0.946. The first-order valence-electron chi connectivity index (χ1n) is 2.89. The SMILES string of the molecule is Nc1c(Br)cnc2ncnn12. The molecule has 2 heterocycles. The molecule has 0 spiro atoms. The van der Waals surface area contributed by atoms with E-state index in [1.54, 1.807) is 6.20 Å². The van der Waals surface area contributed by atoms with E-state index in [0.29, 0.717) is 11.6 Å². The first-order chi connectivity index (χ1) is 5.29. The Bertz CT molecular complexity index is 395. The van der Waals surface area contributed by atoms with Gasteiger partial charge in [0, 0.05) is 6.20 Å². The lowest BCUT2D eigenvalue weighted by atomic mass is 10.6. The number of halogens is 1. The van der Waals surface area contributed by atoms with Crippen LogP contribution in [0.3, 0.4) is 0 Å². The first kappa shape index (κ1) is 6.53. The molecule has 0 fully saturated rings. The molecular formula is C5H4BrN5. The van der Waals surface area contributed by atoms with Crippen molar-refractivity contribution in [3.05, 3.63) is 17.0 Å². The van der Waals surface area contributed by atoms with E-state index in [0.717, 1.165) is 4.47 Å². The fraction of sp³-hybridized carbons (Fsp3) is 0. The quantitative estimate of drug-likeness (QED) is 0.691. The van der Waals surface area contributed by atoms with Crippen LogP contribution >= 0.6 is 15.9 Å². The van der Waals surface area contributed by atoms with Crippen LogP contribution in [0.2, 0.25) is 0 Å². The highest BCUT2D eigenvalue weighted by molar-refractivity contribution is 9.10. The Balaban J connectivity index is 2.93. The van der Waals surface area contributed by atoms with Gasteiger partial charge < -0.3 is 5.73 Å². The number of hydrogen-bond acceptors (Lipinski definition) is 4. The second kappa shape index (κ2) is 2.16. The highest BCUT2D eigenvalue weighted by Gasteiger charge is 2.02. The smallest absolute Gasteiger partial charge is 0.254 e. The molecule has 0 aromatic carbocycles. The molecule has 0 atom stereocenters. The molecule has 0 aliphatic heterocycles. The molecule has 0 saturated heterocycles. The van der Waals surface area contributed by atoms with Crippen LogP contribution < -0.4 is 5.73 Å². The van der Waals surface area contributed by atoms with Gasteiger partial charge in [-0.05, 0) is 15.9 Å². The lowest BCUT2D eigenvalue weighted by Gasteiger charge is -1.97. The Morgan fingerprint density at radius 3 is 3.09 bits per heavy atom. The summed E-state index contributed by atoms with van der Waals surface area (Å²) in [4.78, 5) is 7.82. The second-order valence-corrected chi connectivity index (χ2v) is 2.82. The minimum absolute atomic E-state index is 0.505. The average Bonchev–Trinajstić information content (AvgIpc) is 2.45. The van der Waals surface area contributed by atoms with E-state index in [1.807, 2.05) is 0 Å². The van der Waals surface area contributed by atoms with Gasteiger partial charge in [0.1, 0.15) is 12.1 Å². The fourth-order valence-corrected chi connectivity index (χ4v) is 1.05. The van der Waals surface area contributed by atoms with Crippen molar-refractivity contribution in [3.8, 4) is 0 Å². The second-order valence-electron chi connectivity index (χ2n) is 1.96. The van der Waals surface area contributed by atoms with Crippen LogP contribution in [0.4, 0.5) is 5.82 Å². The monoisotopic (exact) mass is 213 g/mol. The zero-order chi connectivity index (χ0) is 7.84. The van der Waals surface area contributed by atoms with E-state index in [-0.39, 0.29) is 0 Å². The summed E-state index contributed by atoms with van der Waals surface area (Å²) < 4.78 is 2.18. The van der Waals surface area contributed by atoms with Crippen molar-refractivity contribution in [1.29, 1.82) is 0 Å². The average molecular weight is 214 g/mol. The summed E-state index contributed by atoms with van der Waals surface area (Å²) in [5, 5.41) is 3.87. The summed E-state index contributed by atoms with van der Waals surface area (Å²) >= 11 is 3.22. The van der Waals surface area contributed by atoms with Gasteiger partial charge >= 0.3 is 0 Å². The Kier molecular flexibility index (Phi) is 1.28. The minimum atomic E-state index is 0.505. The van der Waals surface area contributed by atoms with Gasteiger partial charge in [0.15, 0.2) is 0 Å². The van der Waals surface area contributed by atoms with Crippen LogP contribution in [0.5, 0.6) is 0 Å². The number of nitrogen functional groups attached to an aromatic ring is 1. The van der Waals surface area contributed by atoms with Gasteiger partial charge in [-0.3, -0.25) is 0 Å². The molecule has 2 aromatic rings. The largest absolute Gasteiger partial charge is 0.383 e. The number of anilines is 1. The van der Waals surface area contributed by atoms with E-state index < -0.39 is 0 Å². The van der Waals surface area contributed by atoms with Gasteiger partial charge in [-0.25, -0.2) is 4.98 Å². The predicted octanol–water partition coefficient (Wildman–Crippen LogP) is 0.469. The molecule has 2 aromatic heterocycles. The number of fused-ring (bicyclic) bond motifs is 1. The molecule has 56 valence electrons. The predicted molar refractivity (Wildman–Crippen MR) is 42.9 cm³/mol. The Morgan fingerprint density at radius 2 is 2.27 bits per heavy atom. The highest BCUT2D eigenvalue weighted by atomic mass is 79.9. The molecule has 0 radical (unpaired) electrons. The molecule has 5 nitrogen and oxygen atoms in total. The van der Waals surface area contributed by atoms with Crippen molar-refractivity contribution in [2.24, 2.45) is 0 Å². The summed E-state index contributed by atoms with van der Waals surface area (Å²) in [5.74, 6) is 1.01. The molecule has 0 unspecified atom stereocenters. The van der Waals surface area contributed by atoms with E-state index in [2.05, 4.69) is 31.0 Å². The van der Waals surface area contributed by atoms with Crippen molar-refractivity contribution in [2.45, 2.75) is 0 Å². The van der Waals surface area contributed by atoms with Crippen LogP contribution in [0, 0.1) is 0 Å². The Labute approximate surface area is 70.4 Å². The Morgan fingerprint density at radius 1 is 1.45 bits per heavy atom. The number of aromatic nitrogens is 4. The van der Waals surface area contributed by atoms with Crippen molar-refractivity contribution in [2.75, 3.05) is 5.73 Å². The zero-order valence-electron chi connectivity index (χ0n) is 5.40. The van der Waals surface area contributed by atoms with Crippen molar-refractivity contribution < 1.29 is 0 Å². The number of nitrogens with zero attached hydrogens (tertiary/aromatic N) is 4. The molecule has 0 aliphatic carbocycles. The Hall–Kier alpha value is -1.17. The molecule has 2 rings (SSSR count). The van der Waals surface area contributed by atoms with Crippen LogP contribution in [0.25, 0.3) is 5.78 Å². The summed E-state index contributed by atoms with van der Waals surface area (Å²) in [5.41, 5.74) is 5.64. The van der Waals surface area contributed by atoms with Crippen molar-refractivity contribution in [1.82, 2.24) is 19.6 Å². The minimum Gasteiger partial charge on any atom is -0.383 e. The van der Waals surface area contributed by atoms with Crippen LogP contribution in [0.1, 0.15) is 0 Å². The van der Waals surface area contributed by atoms with Crippen LogP contribution in [-0.2, 0) is 0 Å². The van der Waals surface area contributed by atoms with E-state index in [9.17, 15) is 0 Å². The van der Waals surface area contributed by atoms with Gasteiger partial charge in [0.05, 0.1) is 4.47 Å². The maximum Gasteiger partial charge on any atom is 0.254 e. The van der Waals surface area contributed by atoms with Crippen molar-refractivity contribution in [3.63, 3.8) is 0 Å². The number of hydrogen-bond donors (Lipinski definition) is 1. The fourth-order valence-electron chi connectivity index (χ4n) is 0.775. The van der Waals surface area contributed by atoms with Crippen LogP contribution in [-0.4, -0.2) is 19.6 Å². The number of nitrogens with two attached hydrogens (primary N) is 1. The summed E-state index contributed by atoms with van der Waals surface area (Å²) in [7, 11) is 0. The lowest BCUT2D eigenvalue weighted by Crippen LogP contribution is -2.00. The topological polar surface area (TPSA) is 69.1 Å². The molecule has 6 heteroatoms. The molecular weight excluding hydrogens is 210 g/mol. The molecule has 0 saturated carbocycles. The molecule has 0 bridgehead atoms. The summed E-state index contributed by atoms with van der Waals surface area (Å²) in [6.45, 7) is 0. The molecule has 0 amide bonds. The van der Waals surface area contributed by atoms with Crippen molar-refractivity contribution >= 4 is 27.5 Å². The highest BCUT2D eigenvalue weighted by Crippen LogP contribution is 2.16. The summed E-state index contributed by atoms with van der Waals surface area (Å²) in [6, 6.07) is 0. The first-order valence-corrected chi connectivity index (χ1v) is 3.68. The van der Waals surface area contributed by atoms with Gasteiger partial charge in [-0.15, -0.1) is 0 Å². The third kappa shape index (κ3) is 0.864. The zero-order valence-corrected chi connectivity index (χ0v) is 6.98. The van der Waals surface area contributed by atoms with Gasteiger partial charge in [0.2, 0.25) is 0 Å². The van der Waals surface area contributed by atoms with Gasteiger partial charge in [-0.2, -0.15) is 14.6 Å². The van der Waals surface area contributed by atoms with E-state index in [4.69, 9.17) is 5.73 Å². The molecule has 0 aliphatic rings. The molecule has 2 N–H and O–H groups in total. The van der Waals surface area contributed by atoms with Gasteiger partial charge in [0.25, 0.3) is 5.78 Å². The third-order valence-electron chi connectivity index (χ3n) is 1.30. The normalized spacial score (nSPS) is 10.6. The third-order valence-corrected chi connectivity index (χ3v) is 1.91. The van der Waals surface area contributed by atoms with Crippen LogP contribution in [0.15, 0.2) is 17.0 Å². The van der Waals surface area contributed by atoms with Gasteiger partial charge in [-0.1, -0.05) is 0 Å².